The van der Waals surface area contributed by atoms with Gasteiger partial charge in [0.2, 0.25) is 0 Å². The highest BCUT2D eigenvalue weighted by molar-refractivity contribution is 9.10. The SMILES string of the molecule is CC1=NC2=C(C(=O)CCC2)[C@@H](c2cccc(Br)c2)C1C(=O)OC(C)C. The van der Waals surface area contributed by atoms with Crippen LogP contribution in [0.15, 0.2) is 45.0 Å². The Morgan fingerprint density at radius 2 is 2.08 bits per heavy atom. The van der Waals surface area contributed by atoms with Gasteiger partial charge in [-0.15, -0.1) is 0 Å². The standard InChI is InChI=1S/C20H22BrNO3/c1-11(2)25-20(24)17-12(3)22-15-8-5-9-16(23)19(15)18(17)13-6-4-7-14(21)10-13/h4,6-7,10-11,17-18H,5,8-9H2,1-3H3/t17?,18-/m0/s1. The van der Waals surface area contributed by atoms with Gasteiger partial charge in [-0.3, -0.25) is 14.6 Å². The van der Waals surface area contributed by atoms with Crippen molar-refractivity contribution >= 4 is 33.4 Å². The first-order chi connectivity index (χ1) is 11.9. The third-order valence-corrected chi connectivity index (χ3v) is 5.14. The Bertz CT molecular complexity index is 779. The summed E-state index contributed by atoms with van der Waals surface area (Å²) < 4.78 is 6.41. The minimum absolute atomic E-state index is 0.102. The molecule has 0 fully saturated rings. The highest BCUT2D eigenvalue weighted by Crippen LogP contribution is 2.44. The van der Waals surface area contributed by atoms with E-state index in [1.165, 1.54) is 0 Å². The maximum absolute atomic E-state index is 12.8. The lowest BCUT2D eigenvalue weighted by Crippen LogP contribution is -2.38. The molecule has 25 heavy (non-hydrogen) atoms. The molecule has 1 aliphatic heterocycles. The summed E-state index contributed by atoms with van der Waals surface area (Å²) in [5.41, 5.74) is 3.20. The molecule has 0 saturated heterocycles. The Labute approximate surface area is 156 Å². The summed E-state index contributed by atoms with van der Waals surface area (Å²) in [5, 5.41) is 0. The summed E-state index contributed by atoms with van der Waals surface area (Å²) in [7, 11) is 0. The Balaban J connectivity index is 2.14. The molecule has 132 valence electrons. The monoisotopic (exact) mass is 403 g/mol. The highest BCUT2D eigenvalue weighted by Gasteiger charge is 2.43. The number of carbonyl (C=O) groups excluding carboxylic acids is 2. The third kappa shape index (κ3) is 3.61. The van der Waals surface area contributed by atoms with Gasteiger partial charge in [-0.2, -0.15) is 0 Å². The number of rotatable bonds is 3. The zero-order valence-corrected chi connectivity index (χ0v) is 16.3. The van der Waals surface area contributed by atoms with E-state index < -0.39 is 5.92 Å². The predicted octanol–water partition coefficient (Wildman–Crippen LogP) is 4.58. The van der Waals surface area contributed by atoms with Crippen LogP contribution in [0.2, 0.25) is 0 Å². The predicted molar refractivity (Wildman–Crippen MR) is 101 cm³/mol. The maximum Gasteiger partial charge on any atom is 0.315 e. The van der Waals surface area contributed by atoms with E-state index >= 15 is 0 Å². The Kier molecular flexibility index (Phi) is 5.23. The molecule has 4 nitrogen and oxygen atoms in total. The Hall–Kier alpha value is -1.75. The van der Waals surface area contributed by atoms with Gasteiger partial charge in [0.1, 0.15) is 5.92 Å². The summed E-state index contributed by atoms with van der Waals surface area (Å²) in [6, 6.07) is 7.81. The molecular weight excluding hydrogens is 382 g/mol. The van der Waals surface area contributed by atoms with Crippen LogP contribution < -0.4 is 0 Å². The molecule has 2 atom stereocenters. The van der Waals surface area contributed by atoms with Gasteiger partial charge in [0, 0.05) is 33.8 Å². The van der Waals surface area contributed by atoms with Crippen molar-refractivity contribution in [1.29, 1.82) is 0 Å². The number of nitrogens with zero attached hydrogens (tertiary/aromatic N) is 1. The first-order valence-corrected chi connectivity index (χ1v) is 9.45. The second kappa shape index (κ2) is 7.24. The first-order valence-electron chi connectivity index (χ1n) is 8.66. The average Bonchev–Trinajstić information content (AvgIpc) is 2.53. The molecule has 0 aromatic heterocycles. The van der Waals surface area contributed by atoms with Crippen molar-refractivity contribution in [2.24, 2.45) is 10.9 Å². The molecule has 0 N–H and O–H groups in total. The molecule has 1 aromatic rings. The van der Waals surface area contributed by atoms with E-state index in [0.717, 1.165) is 34.3 Å². The number of ether oxygens (including phenoxy) is 1. The van der Waals surface area contributed by atoms with Crippen LogP contribution in [0.4, 0.5) is 0 Å². The van der Waals surface area contributed by atoms with Crippen molar-refractivity contribution in [3.8, 4) is 0 Å². The zero-order chi connectivity index (χ0) is 18.1. The molecule has 2 aliphatic rings. The molecular formula is C20H22BrNO3. The number of hydrogen-bond donors (Lipinski definition) is 0. The lowest BCUT2D eigenvalue weighted by molar-refractivity contribution is -0.150. The quantitative estimate of drug-likeness (QED) is 0.693. The minimum atomic E-state index is -0.558. The first kappa shape index (κ1) is 18.1. The van der Waals surface area contributed by atoms with Crippen LogP contribution in [0.25, 0.3) is 0 Å². The Morgan fingerprint density at radius 1 is 1.32 bits per heavy atom. The number of benzene rings is 1. The lowest BCUT2D eigenvalue weighted by Gasteiger charge is -2.34. The van der Waals surface area contributed by atoms with Crippen molar-refractivity contribution in [2.75, 3.05) is 0 Å². The molecule has 0 amide bonds. The van der Waals surface area contributed by atoms with Gasteiger partial charge in [-0.05, 0) is 51.3 Å². The molecule has 0 radical (unpaired) electrons. The van der Waals surface area contributed by atoms with Gasteiger partial charge in [-0.25, -0.2) is 0 Å². The molecule has 5 heteroatoms. The van der Waals surface area contributed by atoms with Crippen LogP contribution in [-0.2, 0) is 14.3 Å². The molecule has 1 aliphatic carbocycles. The summed E-state index contributed by atoms with van der Waals surface area (Å²) in [6.07, 6.45) is 1.92. The third-order valence-electron chi connectivity index (χ3n) is 4.65. The van der Waals surface area contributed by atoms with Crippen LogP contribution in [0.3, 0.4) is 0 Å². The number of carbonyl (C=O) groups is 2. The van der Waals surface area contributed by atoms with Crippen LogP contribution in [-0.4, -0.2) is 23.6 Å². The zero-order valence-electron chi connectivity index (χ0n) is 14.7. The van der Waals surface area contributed by atoms with Gasteiger partial charge in [-0.1, -0.05) is 28.1 Å². The molecule has 0 bridgehead atoms. The van der Waals surface area contributed by atoms with Crippen LogP contribution in [0.5, 0.6) is 0 Å². The maximum atomic E-state index is 12.8. The lowest BCUT2D eigenvalue weighted by atomic mass is 9.72. The van der Waals surface area contributed by atoms with E-state index in [2.05, 4.69) is 20.9 Å². The van der Waals surface area contributed by atoms with Gasteiger partial charge in [0.05, 0.1) is 6.10 Å². The van der Waals surface area contributed by atoms with Crippen LogP contribution in [0, 0.1) is 5.92 Å². The second-order valence-corrected chi connectivity index (χ2v) is 7.80. The van der Waals surface area contributed by atoms with Crippen molar-refractivity contribution in [2.45, 2.75) is 52.1 Å². The molecule has 3 rings (SSSR count). The molecule has 1 unspecified atom stereocenters. The molecule has 1 aromatic carbocycles. The Morgan fingerprint density at radius 3 is 2.76 bits per heavy atom. The fraction of sp³-hybridized carbons (Fsp3) is 0.450. The molecule has 0 spiro atoms. The summed E-state index contributed by atoms with van der Waals surface area (Å²) in [4.78, 5) is 30.1. The van der Waals surface area contributed by atoms with Gasteiger partial charge < -0.3 is 4.74 Å². The van der Waals surface area contributed by atoms with Gasteiger partial charge in [0.15, 0.2) is 5.78 Å². The van der Waals surface area contributed by atoms with Gasteiger partial charge in [0.25, 0.3) is 0 Å². The number of Topliss-reactive ketones (excluding diaryl/α,β-unsaturated/α-hetero) is 1. The van der Waals surface area contributed by atoms with E-state index in [9.17, 15) is 9.59 Å². The number of esters is 1. The van der Waals surface area contributed by atoms with E-state index in [0.29, 0.717) is 12.0 Å². The summed E-state index contributed by atoms with van der Waals surface area (Å²) >= 11 is 3.50. The summed E-state index contributed by atoms with van der Waals surface area (Å²) in [6.45, 7) is 5.52. The number of halogens is 1. The van der Waals surface area contributed by atoms with E-state index in [1.807, 2.05) is 45.0 Å². The number of hydrogen-bond acceptors (Lipinski definition) is 4. The van der Waals surface area contributed by atoms with E-state index in [1.54, 1.807) is 0 Å². The van der Waals surface area contributed by atoms with Crippen molar-refractivity contribution in [3.05, 3.63) is 45.6 Å². The van der Waals surface area contributed by atoms with Crippen molar-refractivity contribution in [1.82, 2.24) is 0 Å². The number of allylic oxidation sites excluding steroid dienone is 2. The minimum Gasteiger partial charge on any atom is -0.462 e. The topological polar surface area (TPSA) is 55.7 Å². The fourth-order valence-corrected chi connectivity index (χ4v) is 4.09. The summed E-state index contributed by atoms with van der Waals surface area (Å²) in [5.74, 6) is -1.10. The van der Waals surface area contributed by atoms with Crippen molar-refractivity contribution in [3.63, 3.8) is 0 Å². The molecule has 0 saturated carbocycles. The number of ketones is 1. The second-order valence-electron chi connectivity index (χ2n) is 6.89. The highest BCUT2D eigenvalue weighted by atomic mass is 79.9. The van der Waals surface area contributed by atoms with Crippen LogP contribution >= 0.6 is 15.9 Å². The smallest absolute Gasteiger partial charge is 0.315 e. The largest absolute Gasteiger partial charge is 0.462 e. The average molecular weight is 404 g/mol. The van der Waals surface area contributed by atoms with Gasteiger partial charge >= 0.3 is 5.97 Å². The van der Waals surface area contributed by atoms with Crippen LogP contribution in [0.1, 0.15) is 51.5 Å². The van der Waals surface area contributed by atoms with E-state index in [-0.39, 0.29) is 23.8 Å². The number of aliphatic imine (C=N–C) groups is 1. The van der Waals surface area contributed by atoms with E-state index in [4.69, 9.17) is 4.74 Å². The molecule has 1 heterocycles. The fourth-order valence-electron chi connectivity index (χ4n) is 3.68. The normalized spacial score (nSPS) is 23.4. The van der Waals surface area contributed by atoms with Crippen molar-refractivity contribution < 1.29 is 14.3 Å².